The van der Waals surface area contributed by atoms with Crippen LogP contribution < -0.4 is 15.5 Å². The quantitative estimate of drug-likeness (QED) is 0.817. The molecule has 0 atom stereocenters. The normalized spacial score (nSPS) is 13.6. The van der Waals surface area contributed by atoms with E-state index in [0.29, 0.717) is 11.1 Å². The number of fused-ring (bicyclic) bond motifs is 1. The Bertz CT molecular complexity index is 741. The lowest BCUT2D eigenvalue weighted by Crippen LogP contribution is -2.43. The van der Waals surface area contributed by atoms with E-state index in [0.717, 1.165) is 24.6 Å². The molecule has 3 rings (SSSR count). The number of rotatable bonds is 2. The van der Waals surface area contributed by atoms with Gasteiger partial charge in [0.25, 0.3) is 0 Å². The van der Waals surface area contributed by atoms with Crippen molar-refractivity contribution in [3.8, 4) is 0 Å². The highest BCUT2D eigenvalue weighted by atomic mass is 32.1. The van der Waals surface area contributed by atoms with Gasteiger partial charge in [-0.15, -0.1) is 0 Å². The van der Waals surface area contributed by atoms with Crippen LogP contribution in [0.4, 0.5) is 11.8 Å². The van der Waals surface area contributed by atoms with Crippen molar-refractivity contribution >= 4 is 29.1 Å². The molecule has 1 aromatic heterocycles. The molecule has 1 aromatic carbocycles. The van der Waals surface area contributed by atoms with Crippen LogP contribution in [0.3, 0.4) is 0 Å². The van der Waals surface area contributed by atoms with Gasteiger partial charge in [0.15, 0.2) is 5.11 Å². The van der Waals surface area contributed by atoms with E-state index in [1.54, 1.807) is 0 Å². The van der Waals surface area contributed by atoms with E-state index >= 15 is 0 Å². The minimum Gasteiger partial charge on any atom is -0.358 e. The summed E-state index contributed by atoms with van der Waals surface area (Å²) < 4.78 is 0. The maximum atomic E-state index is 5.35. The number of nitrogens with zero attached hydrogens (tertiary/aromatic N) is 3. The fourth-order valence-corrected chi connectivity index (χ4v) is 3.14. The Morgan fingerprint density at radius 3 is 2.33 bits per heavy atom. The smallest absolute Gasteiger partial charge is 0.231 e. The first-order valence-electron chi connectivity index (χ1n) is 8.07. The van der Waals surface area contributed by atoms with Gasteiger partial charge in [0.2, 0.25) is 5.95 Å². The Morgan fingerprint density at radius 2 is 1.75 bits per heavy atom. The van der Waals surface area contributed by atoms with Crippen molar-refractivity contribution in [3.05, 3.63) is 47.2 Å². The van der Waals surface area contributed by atoms with Crippen molar-refractivity contribution < 1.29 is 0 Å². The minimum absolute atomic E-state index is 0.104. The molecule has 2 aromatic rings. The predicted octanol–water partition coefficient (Wildman–Crippen LogP) is 3.39. The van der Waals surface area contributed by atoms with Crippen LogP contribution in [0.5, 0.6) is 0 Å². The number of anilines is 2. The summed E-state index contributed by atoms with van der Waals surface area (Å²) in [6, 6.07) is 10.5. The molecular weight excluding hydrogens is 318 g/mol. The van der Waals surface area contributed by atoms with Gasteiger partial charge in [0, 0.05) is 30.4 Å². The Labute approximate surface area is 148 Å². The average molecular weight is 341 g/mol. The van der Waals surface area contributed by atoms with Gasteiger partial charge in [-0.1, -0.05) is 24.3 Å². The first-order valence-corrected chi connectivity index (χ1v) is 8.47. The van der Waals surface area contributed by atoms with Crippen LogP contribution in [-0.2, 0) is 13.1 Å². The highest BCUT2D eigenvalue weighted by Gasteiger charge is 2.20. The molecule has 126 valence electrons. The van der Waals surface area contributed by atoms with Crippen LogP contribution in [0.1, 0.15) is 37.6 Å². The van der Waals surface area contributed by atoms with Crippen LogP contribution in [0.15, 0.2) is 30.3 Å². The van der Waals surface area contributed by atoms with Crippen molar-refractivity contribution in [2.45, 2.75) is 46.3 Å². The number of nitrogens with one attached hydrogen (secondary N) is 2. The Hall–Kier alpha value is -2.21. The van der Waals surface area contributed by atoms with Crippen molar-refractivity contribution in [1.29, 1.82) is 0 Å². The molecule has 6 heteroatoms. The SMILES string of the molecule is Cc1cc(N2Cc3ccccc3C2)nc(NC(=S)NC(C)(C)C)n1. The van der Waals surface area contributed by atoms with Crippen LogP contribution in [-0.4, -0.2) is 20.6 Å². The zero-order chi connectivity index (χ0) is 17.3. The molecule has 0 saturated heterocycles. The lowest BCUT2D eigenvalue weighted by Gasteiger charge is -2.23. The predicted molar refractivity (Wildman–Crippen MR) is 102 cm³/mol. The van der Waals surface area contributed by atoms with E-state index in [9.17, 15) is 0 Å². The minimum atomic E-state index is -0.104. The molecule has 0 radical (unpaired) electrons. The Balaban J connectivity index is 1.77. The maximum Gasteiger partial charge on any atom is 0.231 e. The fourth-order valence-electron chi connectivity index (χ4n) is 2.74. The van der Waals surface area contributed by atoms with E-state index in [4.69, 9.17) is 12.2 Å². The Kier molecular flexibility index (Phi) is 4.41. The van der Waals surface area contributed by atoms with Crippen LogP contribution in [0, 0.1) is 6.92 Å². The Morgan fingerprint density at radius 1 is 1.12 bits per heavy atom. The number of aryl methyl sites for hydroxylation is 1. The van der Waals surface area contributed by atoms with Gasteiger partial charge in [-0.3, -0.25) is 0 Å². The maximum absolute atomic E-state index is 5.35. The van der Waals surface area contributed by atoms with Crippen LogP contribution >= 0.6 is 12.2 Å². The third kappa shape index (κ3) is 4.00. The molecule has 0 amide bonds. The van der Waals surface area contributed by atoms with Crippen molar-refractivity contribution in [1.82, 2.24) is 15.3 Å². The second kappa shape index (κ2) is 6.36. The molecule has 0 saturated carbocycles. The molecular formula is C18H23N5S. The molecule has 24 heavy (non-hydrogen) atoms. The zero-order valence-corrected chi connectivity index (χ0v) is 15.4. The second-order valence-corrected chi connectivity index (χ2v) is 7.55. The van der Waals surface area contributed by atoms with Crippen molar-refractivity contribution in [2.75, 3.05) is 10.2 Å². The van der Waals surface area contributed by atoms with Crippen LogP contribution in [0.2, 0.25) is 0 Å². The fraction of sp³-hybridized carbons (Fsp3) is 0.389. The van der Waals surface area contributed by atoms with Gasteiger partial charge >= 0.3 is 0 Å². The van der Waals surface area contributed by atoms with E-state index in [2.05, 4.69) is 70.5 Å². The van der Waals surface area contributed by atoms with E-state index in [-0.39, 0.29) is 5.54 Å². The van der Waals surface area contributed by atoms with Gasteiger partial charge in [0.1, 0.15) is 5.82 Å². The van der Waals surface area contributed by atoms with Gasteiger partial charge in [0.05, 0.1) is 0 Å². The number of hydrogen-bond donors (Lipinski definition) is 2. The van der Waals surface area contributed by atoms with Crippen molar-refractivity contribution in [2.24, 2.45) is 0 Å². The first-order chi connectivity index (χ1) is 11.3. The largest absolute Gasteiger partial charge is 0.358 e. The lowest BCUT2D eigenvalue weighted by molar-refractivity contribution is 0.514. The summed E-state index contributed by atoms with van der Waals surface area (Å²) in [5, 5.41) is 6.84. The highest BCUT2D eigenvalue weighted by molar-refractivity contribution is 7.80. The second-order valence-electron chi connectivity index (χ2n) is 7.15. The van der Waals surface area contributed by atoms with Gasteiger partial charge in [-0.2, -0.15) is 4.98 Å². The molecule has 0 bridgehead atoms. The standard InChI is InChI=1S/C18H23N5S/c1-12-9-15(23-10-13-7-5-6-8-14(13)11-23)20-16(19-12)21-17(24)22-18(2,3)4/h5-9H,10-11H2,1-4H3,(H2,19,20,21,22,24). The van der Waals surface area contributed by atoms with E-state index in [1.165, 1.54) is 11.1 Å². The topological polar surface area (TPSA) is 53.1 Å². The summed E-state index contributed by atoms with van der Waals surface area (Å²) in [4.78, 5) is 11.3. The average Bonchev–Trinajstić information content (AvgIpc) is 2.88. The molecule has 5 nitrogen and oxygen atoms in total. The molecule has 0 unspecified atom stereocenters. The number of hydrogen-bond acceptors (Lipinski definition) is 4. The summed E-state index contributed by atoms with van der Waals surface area (Å²) in [5.41, 5.74) is 3.52. The number of benzene rings is 1. The third-order valence-corrected chi connectivity index (χ3v) is 3.92. The third-order valence-electron chi connectivity index (χ3n) is 3.72. The summed E-state index contributed by atoms with van der Waals surface area (Å²) in [5.74, 6) is 1.45. The lowest BCUT2D eigenvalue weighted by atomic mass is 10.1. The van der Waals surface area contributed by atoms with Gasteiger partial charge in [-0.05, 0) is 51.0 Å². The molecule has 1 aliphatic heterocycles. The van der Waals surface area contributed by atoms with Crippen molar-refractivity contribution in [3.63, 3.8) is 0 Å². The molecule has 0 spiro atoms. The van der Waals surface area contributed by atoms with Gasteiger partial charge < -0.3 is 15.5 Å². The summed E-state index contributed by atoms with van der Waals surface area (Å²) in [7, 11) is 0. The first kappa shape index (κ1) is 16.6. The number of aromatic nitrogens is 2. The summed E-state index contributed by atoms with van der Waals surface area (Å²) >= 11 is 5.35. The van der Waals surface area contributed by atoms with Gasteiger partial charge in [-0.25, -0.2) is 4.98 Å². The monoisotopic (exact) mass is 341 g/mol. The summed E-state index contributed by atoms with van der Waals surface area (Å²) in [6.45, 7) is 9.90. The molecule has 1 aliphatic rings. The van der Waals surface area contributed by atoms with E-state index < -0.39 is 0 Å². The van der Waals surface area contributed by atoms with E-state index in [1.807, 2.05) is 13.0 Å². The molecule has 2 heterocycles. The van der Waals surface area contributed by atoms with Crippen LogP contribution in [0.25, 0.3) is 0 Å². The molecule has 0 aliphatic carbocycles. The molecule has 2 N–H and O–H groups in total. The summed E-state index contributed by atoms with van der Waals surface area (Å²) in [6.07, 6.45) is 0. The number of thiocarbonyl (C=S) groups is 1. The highest BCUT2D eigenvalue weighted by Crippen LogP contribution is 2.27. The zero-order valence-electron chi connectivity index (χ0n) is 14.6. The molecule has 0 fully saturated rings.